The quantitative estimate of drug-likeness (QED) is 0.478. The lowest BCUT2D eigenvalue weighted by molar-refractivity contribution is -0.154. The Labute approximate surface area is 89.0 Å². The molecule has 0 aromatic carbocycles. The van der Waals surface area contributed by atoms with Crippen molar-refractivity contribution in [1.29, 1.82) is 0 Å². The van der Waals surface area contributed by atoms with Crippen molar-refractivity contribution in [2.45, 2.75) is 38.5 Å². The van der Waals surface area contributed by atoms with Crippen molar-refractivity contribution in [3.8, 4) is 0 Å². The summed E-state index contributed by atoms with van der Waals surface area (Å²) in [5.41, 5.74) is 3.35. The van der Waals surface area contributed by atoms with E-state index in [2.05, 4.69) is 0 Å². The number of carbonyl (C=O) groups excluding carboxylic acids is 1. The van der Waals surface area contributed by atoms with E-state index in [1.54, 1.807) is 20.8 Å². The first-order valence-electron chi connectivity index (χ1n) is 4.53. The van der Waals surface area contributed by atoms with Crippen LogP contribution in [0, 0.1) is 0 Å². The monoisotopic (exact) mass is 239 g/mol. The zero-order valence-electron chi connectivity index (χ0n) is 9.14. The number of hydrogen-bond donors (Lipinski definition) is 3. The molecule has 0 unspecified atom stereocenters. The van der Waals surface area contributed by atoms with Crippen LogP contribution in [-0.2, 0) is 14.1 Å². The van der Waals surface area contributed by atoms with Gasteiger partial charge in [0.15, 0.2) is 0 Å². The first kappa shape index (κ1) is 14.6. The second kappa shape index (κ2) is 5.07. The molecule has 4 N–H and O–H groups in total. The lowest BCUT2D eigenvalue weighted by atomic mass is 10.2. The lowest BCUT2D eigenvalue weighted by Crippen LogP contribution is -2.29. The molecule has 0 aliphatic heterocycles. The Kier molecular flexibility index (Phi) is 4.93. The van der Waals surface area contributed by atoms with Gasteiger partial charge in [-0.1, -0.05) is 0 Å². The molecule has 0 aromatic rings. The zero-order chi connectivity index (χ0) is 12.3. The standard InChI is InChI=1S/C8H18NO5P/c1-8(2,3)14-7(10)4-6(5-9)15(11,12)13/h6H,4-5,9H2,1-3H3,(H2,11,12,13)/t6-/m0/s1. The third-order valence-corrected chi connectivity index (χ3v) is 2.91. The van der Waals surface area contributed by atoms with Gasteiger partial charge in [0.05, 0.1) is 12.1 Å². The van der Waals surface area contributed by atoms with Crippen LogP contribution < -0.4 is 5.73 Å². The fourth-order valence-corrected chi connectivity index (χ4v) is 1.58. The Balaban J connectivity index is 4.34. The molecule has 1 atom stereocenters. The van der Waals surface area contributed by atoms with Gasteiger partial charge >= 0.3 is 13.6 Å². The molecule has 0 amide bonds. The van der Waals surface area contributed by atoms with E-state index >= 15 is 0 Å². The smallest absolute Gasteiger partial charge is 0.330 e. The Morgan fingerprint density at radius 1 is 1.47 bits per heavy atom. The van der Waals surface area contributed by atoms with Crippen LogP contribution >= 0.6 is 7.60 Å². The predicted molar refractivity (Wildman–Crippen MR) is 55.3 cm³/mol. The molecule has 0 aliphatic rings. The first-order valence-corrected chi connectivity index (χ1v) is 6.21. The van der Waals surface area contributed by atoms with Crippen LogP contribution in [0.1, 0.15) is 27.2 Å². The lowest BCUT2D eigenvalue weighted by Gasteiger charge is -2.22. The van der Waals surface area contributed by atoms with Gasteiger partial charge in [0, 0.05) is 6.54 Å². The summed E-state index contributed by atoms with van der Waals surface area (Å²) in [6.07, 6.45) is -0.363. The van der Waals surface area contributed by atoms with Crippen molar-refractivity contribution in [3.05, 3.63) is 0 Å². The van der Waals surface area contributed by atoms with Crippen molar-refractivity contribution < 1.29 is 23.9 Å². The van der Waals surface area contributed by atoms with E-state index in [0.717, 1.165) is 0 Å². The molecular weight excluding hydrogens is 221 g/mol. The van der Waals surface area contributed by atoms with E-state index in [0.29, 0.717) is 0 Å². The highest BCUT2D eigenvalue weighted by molar-refractivity contribution is 7.52. The van der Waals surface area contributed by atoms with Gasteiger partial charge in [-0.05, 0) is 20.8 Å². The Morgan fingerprint density at radius 2 is 1.93 bits per heavy atom. The Bertz CT molecular complexity index is 267. The van der Waals surface area contributed by atoms with Crippen molar-refractivity contribution in [2.75, 3.05) is 6.54 Å². The Hall–Kier alpha value is -0.420. The van der Waals surface area contributed by atoms with Crippen molar-refractivity contribution in [1.82, 2.24) is 0 Å². The highest BCUT2D eigenvalue weighted by atomic mass is 31.2. The van der Waals surface area contributed by atoms with Crippen LogP contribution in [0.2, 0.25) is 0 Å². The van der Waals surface area contributed by atoms with Crippen LogP contribution in [0.25, 0.3) is 0 Å². The maximum atomic E-state index is 11.3. The average molecular weight is 239 g/mol. The molecule has 0 bridgehead atoms. The van der Waals surface area contributed by atoms with Crippen LogP contribution in [0.15, 0.2) is 0 Å². The molecule has 0 aliphatic carbocycles. The minimum Gasteiger partial charge on any atom is -0.460 e. The molecule has 6 nitrogen and oxygen atoms in total. The molecule has 0 radical (unpaired) electrons. The number of hydrogen-bond acceptors (Lipinski definition) is 4. The van der Waals surface area contributed by atoms with Gasteiger partial charge in [-0.15, -0.1) is 0 Å². The zero-order valence-corrected chi connectivity index (χ0v) is 10.0. The summed E-state index contributed by atoms with van der Waals surface area (Å²) in [5.74, 6) is -0.652. The maximum Gasteiger partial charge on any atom is 0.330 e. The fraction of sp³-hybridized carbons (Fsp3) is 0.875. The number of carbonyl (C=O) groups is 1. The molecule has 90 valence electrons. The highest BCUT2D eigenvalue weighted by Crippen LogP contribution is 2.42. The van der Waals surface area contributed by atoms with E-state index in [1.165, 1.54) is 0 Å². The van der Waals surface area contributed by atoms with Crippen LogP contribution in [0.5, 0.6) is 0 Å². The van der Waals surface area contributed by atoms with Crippen LogP contribution in [0.4, 0.5) is 0 Å². The second-order valence-corrected chi connectivity index (χ2v) is 6.18. The van der Waals surface area contributed by atoms with Crippen LogP contribution in [0.3, 0.4) is 0 Å². The largest absolute Gasteiger partial charge is 0.460 e. The summed E-state index contributed by atoms with van der Waals surface area (Å²) in [4.78, 5) is 28.9. The van der Waals surface area contributed by atoms with Crippen LogP contribution in [-0.4, -0.2) is 33.6 Å². The summed E-state index contributed by atoms with van der Waals surface area (Å²) >= 11 is 0. The average Bonchev–Trinajstić information content (AvgIpc) is 1.94. The molecule has 0 heterocycles. The normalized spacial score (nSPS) is 14.8. The van der Waals surface area contributed by atoms with Gasteiger partial charge < -0.3 is 20.3 Å². The van der Waals surface area contributed by atoms with E-state index < -0.39 is 24.8 Å². The molecule has 0 aromatic heterocycles. The minimum atomic E-state index is -4.32. The highest BCUT2D eigenvalue weighted by Gasteiger charge is 2.31. The SMILES string of the molecule is CC(C)(C)OC(=O)C[C@@H](CN)P(=O)(O)O. The van der Waals surface area contributed by atoms with Crippen molar-refractivity contribution in [3.63, 3.8) is 0 Å². The third kappa shape index (κ3) is 6.62. The molecule has 0 saturated heterocycles. The van der Waals surface area contributed by atoms with E-state index in [9.17, 15) is 9.36 Å². The van der Waals surface area contributed by atoms with E-state index in [4.69, 9.17) is 20.3 Å². The fourth-order valence-electron chi connectivity index (χ4n) is 0.915. The van der Waals surface area contributed by atoms with Gasteiger partial charge in [0.2, 0.25) is 0 Å². The van der Waals surface area contributed by atoms with Crippen molar-refractivity contribution in [2.24, 2.45) is 5.73 Å². The summed E-state index contributed by atoms with van der Waals surface area (Å²) in [6.45, 7) is 4.79. The maximum absolute atomic E-state index is 11.3. The summed E-state index contributed by atoms with van der Waals surface area (Å²) in [7, 11) is -4.32. The summed E-state index contributed by atoms with van der Waals surface area (Å²) in [5, 5.41) is 0. The summed E-state index contributed by atoms with van der Waals surface area (Å²) in [6, 6.07) is 0. The van der Waals surface area contributed by atoms with Crippen molar-refractivity contribution >= 4 is 13.6 Å². The number of esters is 1. The number of nitrogens with two attached hydrogens (primary N) is 1. The molecule has 0 fully saturated rings. The molecule has 0 saturated carbocycles. The van der Waals surface area contributed by atoms with E-state index in [-0.39, 0.29) is 13.0 Å². The third-order valence-electron chi connectivity index (χ3n) is 1.57. The molecular formula is C8H18NO5P. The minimum absolute atomic E-state index is 0.247. The Morgan fingerprint density at radius 3 is 2.20 bits per heavy atom. The molecule has 0 rings (SSSR count). The van der Waals surface area contributed by atoms with Gasteiger partial charge in [-0.25, -0.2) is 0 Å². The molecule has 15 heavy (non-hydrogen) atoms. The van der Waals surface area contributed by atoms with Gasteiger partial charge in [-0.3, -0.25) is 9.36 Å². The van der Waals surface area contributed by atoms with E-state index in [1.807, 2.05) is 0 Å². The van der Waals surface area contributed by atoms with Gasteiger partial charge in [0.1, 0.15) is 5.60 Å². The topological polar surface area (TPSA) is 110 Å². The second-order valence-electron chi connectivity index (χ2n) is 4.27. The van der Waals surface area contributed by atoms with Gasteiger partial charge in [-0.2, -0.15) is 0 Å². The number of ether oxygens (including phenoxy) is 1. The predicted octanol–water partition coefficient (Wildman–Crippen LogP) is 0.223. The molecule has 0 spiro atoms. The van der Waals surface area contributed by atoms with Gasteiger partial charge in [0.25, 0.3) is 0 Å². The first-order chi connectivity index (χ1) is 6.56. The molecule has 7 heteroatoms. The summed E-state index contributed by atoms with van der Waals surface area (Å²) < 4.78 is 15.8. The number of rotatable bonds is 4.